The molecule has 0 aromatic heterocycles. The van der Waals surface area contributed by atoms with E-state index < -0.39 is 45.2 Å². The monoisotopic (exact) mass is 389 g/mol. The second-order valence-corrected chi connectivity index (χ2v) is 8.53. The van der Waals surface area contributed by atoms with Gasteiger partial charge in [-0.05, 0) is 11.8 Å². The van der Waals surface area contributed by atoms with Crippen molar-refractivity contribution in [1.82, 2.24) is 10.2 Å². The molecule has 1 saturated heterocycles. The van der Waals surface area contributed by atoms with Gasteiger partial charge in [-0.1, -0.05) is 0 Å². The third kappa shape index (κ3) is 3.31. The number of aliphatic carboxylic acids is 1. The van der Waals surface area contributed by atoms with Gasteiger partial charge in [-0.25, -0.2) is 4.79 Å². The van der Waals surface area contributed by atoms with Crippen LogP contribution in [0.15, 0.2) is 11.3 Å². The minimum absolute atomic E-state index is 0.0282. The number of hydrogen-bond acceptors (Lipinski definition) is 7. The Morgan fingerprint density at radius 2 is 2.29 bits per heavy atom. The molecule has 0 aromatic carbocycles. The third-order valence-corrected chi connectivity index (χ3v) is 6.51. The smallest absolute Gasteiger partial charge is 0.352 e. The van der Waals surface area contributed by atoms with E-state index in [1.54, 1.807) is 6.07 Å². The molecule has 2 aliphatic heterocycles. The third-order valence-electron chi connectivity index (χ3n) is 3.55. The highest BCUT2D eigenvalue weighted by Gasteiger charge is 2.54. The number of nitrogens with one attached hydrogen (secondary N) is 1. The molecule has 0 spiro atoms. The van der Waals surface area contributed by atoms with E-state index in [0.717, 1.165) is 0 Å². The van der Waals surface area contributed by atoms with Gasteiger partial charge >= 0.3 is 5.97 Å². The minimum Gasteiger partial charge on any atom is -0.477 e. The van der Waals surface area contributed by atoms with Crippen LogP contribution in [0.3, 0.4) is 0 Å². The molecule has 1 fully saturated rings. The van der Waals surface area contributed by atoms with Crippen LogP contribution in [0.1, 0.15) is 0 Å². The highest BCUT2D eigenvalue weighted by Crippen LogP contribution is 2.40. The number of nitriles is 1. The normalized spacial score (nSPS) is 25.2. The first-order valence-corrected chi connectivity index (χ1v) is 10.8. The molecule has 0 radical (unpaired) electrons. The molecule has 0 aliphatic carbocycles. The van der Waals surface area contributed by atoms with Crippen LogP contribution >= 0.6 is 23.5 Å². The van der Waals surface area contributed by atoms with E-state index in [0.29, 0.717) is 17.1 Å². The number of β-lactam (4-membered cyclic amide) rings is 1. The average molecular weight is 389 g/mol. The molecule has 0 aromatic rings. The van der Waals surface area contributed by atoms with Crippen LogP contribution < -0.4 is 5.32 Å². The van der Waals surface area contributed by atoms with Crippen LogP contribution in [-0.4, -0.2) is 72.7 Å². The maximum absolute atomic E-state index is 12.3. The maximum atomic E-state index is 12.3. The van der Waals surface area contributed by atoms with Crippen molar-refractivity contribution in [2.24, 2.45) is 0 Å². The first kappa shape index (κ1) is 18.8. The summed E-state index contributed by atoms with van der Waals surface area (Å²) in [5.41, 5.74) is 0.637. The Bertz CT molecular complexity index is 687. The fourth-order valence-electron chi connectivity index (χ4n) is 2.48. The summed E-state index contributed by atoms with van der Waals surface area (Å²) in [5.74, 6) is -1.53. The van der Waals surface area contributed by atoms with Gasteiger partial charge < -0.3 is 10.4 Å². The van der Waals surface area contributed by atoms with Crippen molar-refractivity contribution in [3.05, 3.63) is 11.3 Å². The summed E-state index contributed by atoms with van der Waals surface area (Å²) >= 11 is 2.83. The second-order valence-electron chi connectivity index (χ2n) is 5.09. The molecule has 2 rings (SSSR count). The molecule has 2 heterocycles. The van der Waals surface area contributed by atoms with Gasteiger partial charge in [-0.2, -0.15) is 17.0 Å². The zero-order valence-electron chi connectivity index (χ0n) is 12.8. The van der Waals surface area contributed by atoms with Crippen LogP contribution in [-0.2, 0) is 25.2 Å². The predicted molar refractivity (Wildman–Crippen MR) is 91.5 cm³/mol. The lowest BCUT2D eigenvalue weighted by molar-refractivity contribution is -0.150. The highest BCUT2D eigenvalue weighted by atomic mass is 32.2. The molecular formula is C13H15N3O5S3. The average Bonchev–Trinajstić information content (AvgIpc) is 2.52. The molecule has 2 amide bonds. The van der Waals surface area contributed by atoms with Crippen LogP contribution in [0.25, 0.3) is 0 Å². The van der Waals surface area contributed by atoms with Crippen molar-refractivity contribution in [3.63, 3.8) is 0 Å². The van der Waals surface area contributed by atoms with Gasteiger partial charge in [0.05, 0.1) is 6.07 Å². The van der Waals surface area contributed by atoms with Crippen molar-refractivity contribution in [2.75, 3.05) is 24.0 Å². The number of amides is 2. The van der Waals surface area contributed by atoms with Gasteiger partial charge in [0.25, 0.3) is 11.8 Å². The molecule has 0 saturated carbocycles. The number of carboxylic acids is 1. The largest absolute Gasteiger partial charge is 0.477 e. The van der Waals surface area contributed by atoms with E-state index in [9.17, 15) is 23.7 Å². The zero-order valence-corrected chi connectivity index (χ0v) is 15.3. The van der Waals surface area contributed by atoms with Gasteiger partial charge in [0, 0.05) is 28.6 Å². The summed E-state index contributed by atoms with van der Waals surface area (Å²) in [6.07, 6.45) is 3.08. The number of thioether (sulfide) groups is 2. The van der Waals surface area contributed by atoms with Crippen molar-refractivity contribution in [2.45, 2.75) is 16.7 Å². The molecule has 8 nitrogen and oxygen atoms in total. The number of hydrogen-bond donors (Lipinski definition) is 2. The Labute approximate surface area is 149 Å². The Morgan fingerprint density at radius 1 is 1.62 bits per heavy atom. The van der Waals surface area contributed by atoms with Gasteiger partial charge in [0.2, 0.25) is 0 Å². The molecule has 2 aliphatic rings. The summed E-state index contributed by atoms with van der Waals surface area (Å²) in [6.45, 7) is 0. The Hall–Kier alpha value is -1.51. The van der Waals surface area contributed by atoms with E-state index in [4.69, 9.17) is 5.26 Å². The molecule has 4 atom stereocenters. The summed E-state index contributed by atoms with van der Waals surface area (Å²) in [7, 11) is -1.68. The minimum atomic E-state index is -1.68. The maximum Gasteiger partial charge on any atom is 0.352 e. The van der Waals surface area contributed by atoms with Gasteiger partial charge in [-0.15, -0.1) is 11.8 Å². The number of carbonyl (C=O) groups is 3. The quantitative estimate of drug-likeness (QED) is 0.574. The summed E-state index contributed by atoms with van der Waals surface area (Å²) in [4.78, 5) is 37.0. The fraction of sp³-hybridized carbons (Fsp3) is 0.538. The standard InChI is InChI=1S/C13H15N3O5S3/c1-22-4-6-5-23-12-8(11(18)16(12)9(6)13(19)20)15-10(17)7(3-14)24(2)21/h7-8,12H,4-5H2,1-2H3,(H,15,17)(H,19,20)/t7?,8?,12-,24?/m0/s1. The first-order valence-electron chi connectivity index (χ1n) is 6.74. The molecule has 11 heteroatoms. The lowest BCUT2D eigenvalue weighted by atomic mass is 10.0. The number of nitrogens with zero attached hydrogens (tertiary/aromatic N) is 2. The van der Waals surface area contributed by atoms with E-state index >= 15 is 0 Å². The van der Waals surface area contributed by atoms with Crippen molar-refractivity contribution >= 4 is 52.1 Å². The van der Waals surface area contributed by atoms with Gasteiger partial charge in [-0.3, -0.25) is 18.7 Å². The molecule has 3 unspecified atom stereocenters. The van der Waals surface area contributed by atoms with E-state index in [2.05, 4.69) is 5.32 Å². The Kier molecular flexibility index (Phi) is 5.95. The summed E-state index contributed by atoms with van der Waals surface area (Å²) < 4.78 is 11.4. The Morgan fingerprint density at radius 3 is 2.79 bits per heavy atom. The van der Waals surface area contributed by atoms with E-state index in [1.165, 1.54) is 34.7 Å². The van der Waals surface area contributed by atoms with Crippen LogP contribution in [0.5, 0.6) is 0 Å². The number of carboxylic acid groups (broad SMARTS) is 1. The summed E-state index contributed by atoms with van der Waals surface area (Å²) in [6, 6.07) is 0.732. The van der Waals surface area contributed by atoms with E-state index in [-0.39, 0.29) is 5.70 Å². The second kappa shape index (κ2) is 7.58. The molecule has 130 valence electrons. The number of carbonyl (C=O) groups excluding carboxylic acids is 2. The zero-order chi connectivity index (χ0) is 18.0. The Balaban J connectivity index is 2.18. The number of rotatable bonds is 6. The van der Waals surface area contributed by atoms with Crippen molar-refractivity contribution in [3.8, 4) is 6.07 Å². The summed E-state index contributed by atoms with van der Waals surface area (Å²) in [5, 5.41) is 18.8. The molecule has 2 N–H and O–H groups in total. The van der Waals surface area contributed by atoms with E-state index in [1.807, 2.05) is 6.26 Å². The van der Waals surface area contributed by atoms with Crippen LogP contribution in [0.4, 0.5) is 0 Å². The van der Waals surface area contributed by atoms with Gasteiger partial charge in [0.1, 0.15) is 17.1 Å². The predicted octanol–water partition coefficient (Wildman–Crippen LogP) is -0.641. The number of fused-ring (bicyclic) bond motifs is 1. The topological polar surface area (TPSA) is 128 Å². The highest BCUT2D eigenvalue weighted by molar-refractivity contribution is 8.00. The van der Waals surface area contributed by atoms with Crippen molar-refractivity contribution < 1.29 is 23.7 Å². The fourth-order valence-corrected chi connectivity index (χ4v) is 5.06. The SMILES string of the molecule is CSCC1=C(C(=O)O)N2C(=O)C(NC(=O)C(C#N)S(C)=O)[C@@H]2SC1. The van der Waals surface area contributed by atoms with Crippen LogP contribution in [0.2, 0.25) is 0 Å². The molecule has 0 bridgehead atoms. The lowest BCUT2D eigenvalue weighted by Gasteiger charge is -2.49. The molecule has 24 heavy (non-hydrogen) atoms. The van der Waals surface area contributed by atoms with Gasteiger partial charge in [0.15, 0.2) is 5.25 Å². The van der Waals surface area contributed by atoms with Crippen LogP contribution in [0, 0.1) is 11.3 Å². The lowest BCUT2D eigenvalue weighted by Crippen LogP contribution is -2.71. The molecular weight excluding hydrogens is 374 g/mol. The van der Waals surface area contributed by atoms with Crippen molar-refractivity contribution in [1.29, 1.82) is 5.26 Å². The first-order chi connectivity index (χ1) is 11.3.